The number of likely N-dealkylation sites (N-methyl/N-ethyl adjacent to an activating group) is 1. The summed E-state index contributed by atoms with van der Waals surface area (Å²) in [6.45, 7) is 2.88. The number of allylic oxidation sites excluding steroid dienone is 7. The summed E-state index contributed by atoms with van der Waals surface area (Å²) in [4.78, 5) is 35.4. The van der Waals surface area contributed by atoms with Crippen LogP contribution < -0.4 is 4.89 Å². The molecule has 41 heavy (non-hydrogen) atoms. The van der Waals surface area contributed by atoms with Crippen LogP contribution in [0.4, 0.5) is 0 Å². The lowest BCUT2D eigenvalue weighted by molar-refractivity contribution is -0.870. The monoisotopic (exact) mass is 601 g/mol. The van der Waals surface area contributed by atoms with Gasteiger partial charge in [-0.05, 0) is 38.5 Å². The number of aliphatic hydroxyl groups excluding tert-OH is 1. The fourth-order valence-corrected chi connectivity index (χ4v) is 3.88. The molecule has 1 unspecified atom stereocenters. The Bertz CT molecular complexity index is 878. The van der Waals surface area contributed by atoms with Crippen LogP contribution in [0.25, 0.3) is 0 Å². The van der Waals surface area contributed by atoms with Gasteiger partial charge in [-0.1, -0.05) is 68.4 Å². The fraction of sp³-hybridized carbons (Fsp3) is 0.667. The van der Waals surface area contributed by atoms with Gasteiger partial charge in [0.25, 0.3) is 7.82 Å². The summed E-state index contributed by atoms with van der Waals surface area (Å²) in [5.74, 6) is -1.13. The van der Waals surface area contributed by atoms with Crippen molar-refractivity contribution in [3.05, 3.63) is 48.6 Å². The highest BCUT2D eigenvalue weighted by Gasteiger charge is 2.21. The number of hydrogen-bond acceptors (Lipinski definition) is 9. The molecule has 0 aliphatic carbocycles. The van der Waals surface area contributed by atoms with Crippen molar-refractivity contribution in [2.45, 2.75) is 83.8 Å². The summed E-state index contributed by atoms with van der Waals surface area (Å²) in [7, 11) is 1.08. The van der Waals surface area contributed by atoms with E-state index in [0.717, 1.165) is 38.5 Å². The van der Waals surface area contributed by atoms with Gasteiger partial charge in [-0.15, -0.1) is 0 Å². The van der Waals surface area contributed by atoms with Crippen molar-refractivity contribution in [3.63, 3.8) is 0 Å². The molecule has 0 bridgehead atoms. The van der Waals surface area contributed by atoms with Gasteiger partial charge in [0.2, 0.25) is 0 Å². The van der Waals surface area contributed by atoms with Crippen molar-refractivity contribution in [2.75, 3.05) is 47.5 Å². The lowest BCUT2D eigenvalue weighted by Gasteiger charge is -2.28. The Labute approximate surface area is 246 Å². The van der Waals surface area contributed by atoms with Crippen LogP contribution in [0, 0.1) is 0 Å². The Morgan fingerprint density at radius 3 is 2.12 bits per heavy atom. The summed E-state index contributed by atoms with van der Waals surface area (Å²) >= 11 is 0. The molecule has 0 rings (SSSR count). The van der Waals surface area contributed by atoms with Gasteiger partial charge in [0.15, 0.2) is 6.10 Å². The number of nitrogens with zero attached hydrogens (tertiary/aromatic N) is 1. The summed E-state index contributed by atoms with van der Waals surface area (Å²) in [5.41, 5.74) is 0. The molecule has 0 aromatic rings. The van der Waals surface area contributed by atoms with Crippen molar-refractivity contribution in [2.24, 2.45) is 0 Å². The number of carbonyl (C=O) groups is 2. The van der Waals surface area contributed by atoms with Crippen LogP contribution >= 0.6 is 7.82 Å². The quantitative estimate of drug-likeness (QED) is 0.0546. The predicted molar refractivity (Wildman–Crippen MR) is 159 cm³/mol. The SMILES string of the molecule is CCCC[C@@H](O)/C=C\C/C=C\C/C=C\C/C=C\CCCC(=O)O[C@H](COC(C)=O)COP(=O)([O-])OCC[N+](C)(C)C. The second-order valence-electron chi connectivity index (χ2n) is 10.7. The molecule has 1 N–H and O–H groups in total. The molecule has 0 spiro atoms. The first-order valence-corrected chi connectivity index (χ1v) is 15.8. The maximum absolute atomic E-state index is 12.2. The van der Waals surface area contributed by atoms with Gasteiger partial charge in [-0.2, -0.15) is 0 Å². The number of ether oxygens (including phenoxy) is 2. The van der Waals surface area contributed by atoms with E-state index in [1.807, 2.05) is 45.4 Å². The third-order valence-electron chi connectivity index (χ3n) is 5.48. The van der Waals surface area contributed by atoms with E-state index in [1.165, 1.54) is 6.92 Å². The van der Waals surface area contributed by atoms with E-state index < -0.39 is 32.5 Å². The molecule has 0 saturated heterocycles. The molecule has 0 fully saturated rings. The fourth-order valence-electron chi connectivity index (χ4n) is 3.15. The van der Waals surface area contributed by atoms with Gasteiger partial charge in [0.05, 0.1) is 33.9 Å². The molecule has 236 valence electrons. The second kappa shape index (κ2) is 23.5. The van der Waals surface area contributed by atoms with E-state index in [4.69, 9.17) is 18.5 Å². The summed E-state index contributed by atoms with van der Waals surface area (Å²) in [5, 5.41) is 9.75. The van der Waals surface area contributed by atoms with Crippen molar-refractivity contribution in [1.29, 1.82) is 0 Å². The highest BCUT2D eigenvalue weighted by atomic mass is 31.2. The van der Waals surface area contributed by atoms with E-state index in [2.05, 4.69) is 31.2 Å². The summed E-state index contributed by atoms with van der Waals surface area (Å²) in [6.07, 6.45) is 21.5. The molecule has 0 amide bonds. The predicted octanol–water partition coefficient (Wildman–Crippen LogP) is 4.79. The van der Waals surface area contributed by atoms with E-state index in [0.29, 0.717) is 23.9 Å². The normalized spacial score (nSPS) is 15.6. The van der Waals surface area contributed by atoms with Crippen LogP contribution in [0.2, 0.25) is 0 Å². The van der Waals surface area contributed by atoms with Crippen LogP contribution in [-0.4, -0.2) is 81.2 Å². The van der Waals surface area contributed by atoms with Gasteiger partial charge in [0.1, 0.15) is 19.8 Å². The first kappa shape index (κ1) is 38.9. The van der Waals surface area contributed by atoms with E-state index in [1.54, 1.807) is 0 Å². The van der Waals surface area contributed by atoms with Crippen LogP contribution in [0.1, 0.15) is 71.6 Å². The topological polar surface area (TPSA) is 131 Å². The maximum atomic E-state index is 12.2. The number of carbonyl (C=O) groups excluding carboxylic acids is 2. The highest BCUT2D eigenvalue weighted by molar-refractivity contribution is 7.45. The molecule has 0 aliphatic heterocycles. The molecule has 3 atom stereocenters. The Balaban J connectivity index is 4.24. The molecule has 0 aliphatic rings. The lowest BCUT2D eigenvalue weighted by atomic mass is 10.1. The van der Waals surface area contributed by atoms with E-state index >= 15 is 0 Å². The summed E-state index contributed by atoms with van der Waals surface area (Å²) < 4.78 is 32.4. The minimum atomic E-state index is -4.60. The largest absolute Gasteiger partial charge is 0.756 e. The molecule has 0 heterocycles. The number of phosphoric ester groups is 1. The van der Waals surface area contributed by atoms with Gasteiger partial charge >= 0.3 is 11.9 Å². The highest BCUT2D eigenvalue weighted by Crippen LogP contribution is 2.38. The zero-order chi connectivity index (χ0) is 31.0. The first-order chi connectivity index (χ1) is 19.3. The minimum Gasteiger partial charge on any atom is -0.756 e. The smallest absolute Gasteiger partial charge is 0.306 e. The Kier molecular flexibility index (Phi) is 22.3. The Hall–Kier alpha value is -2.07. The average molecular weight is 602 g/mol. The van der Waals surface area contributed by atoms with Gasteiger partial charge in [0, 0.05) is 13.3 Å². The number of esters is 2. The van der Waals surface area contributed by atoms with Crippen molar-refractivity contribution in [1.82, 2.24) is 0 Å². The average Bonchev–Trinajstić information content (AvgIpc) is 2.88. The number of phosphoric acid groups is 1. The molecule has 0 aromatic carbocycles. The van der Waals surface area contributed by atoms with Crippen molar-refractivity contribution in [3.8, 4) is 0 Å². The van der Waals surface area contributed by atoms with Crippen LogP contribution in [0.5, 0.6) is 0 Å². The molecule has 0 saturated carbocycles. The Morgan fingerprint density at radius 1 is 0.927 bits per heavy atom. The second-order valence-corrected chi connectivity index (χ2v) is 12.1. The number of rotatable bonds is 24. The van der Waals surface area contributed by atoms with Gasteiger partial charge in [-0.25, -0.2) is 0 Å². The van der Waals surface area contributed by atoms with Gasteiger partial charge in [-0.3, -0.25) is 14.2 Å². The third kappa shape index (κ3) is 27.9. The van der Waals surface area contributed by atoms with Crippen molar-refractivity contribution >= 4 is 19.8 Å². The molecule has 11 heteroatoms. The third-order valence-corrected chi connectivity index (χ3v) is 6.44. The Morgan fingerprint density at radius 2 is 1.54 bits per heavy atom. The molecule has 10 nitrogen and oxygen atoms in total. The molecule has 0 radical (unpaired) electrons. The maximum Gasteiger partial charge on any atom is 0.306 e. The van der Waals surface area contributed by atoms with Crippen LogP contribution in [0.3, 0.4) is 0 Å². The van der Waals surface area contributed by atoms with Gasteiger partial charge < -0.3 is 33.0 Å². The molecule has 0 aromatic heterocycles. The number of quaternary nitrogens is 1. The standard InChI is InChI=1S/C30H52NO9P/c1-6-7-20-28(33)21-18-16-14-12-10-8-9-11-13-15-17-19-22-30(34)40-29(25-37-27(2)32)26-39-41(35,36)38-24-23-31(3,4)5/h8-9,12-15,18,21,28-29,33H,6-7,10-11,16-17,19-20,22-26H2,1-5H3/b9-8-,14-12-,15-13-,21-18-/t28-,29-/m1/s1. The number of aliphatic hydroxyl groups is 1. The lowest BCUT2D eigenvalue weighted by Crippen LogP contribution is -2.37. The zero-order valence-corrected chi connectivity index (χ0v) is 26.5. The number of hydrogen-bond donors (Lipinski definition) is 1. The van der Waals surface area contributed by atoms with Crippen LogP contribution in [-0.2, 0) is 32.7 Å². The number of unbranched alkanes of at least 4 members (excludes halogenated alkanes) is 2. The van der Waals surface area contributed by atoms with E-state index in [9.17, 15) is 24.2 Å². The van der Waals surface area contributed by atoms with Crippen molar-refractivity contribution < 1.29 is 47.2 Å². The summed E-state index contributed by atoms with van der Waals surface area (Å²) in [6, 6.07) is 0. The first-order valence-electron chi connectivity index (χ1n) is 14.4. The van der Waals surface area contributed by atoms with E-state index in [-0.39, 0.29) is 25.7 Å². The van der Waals surface area contributed by atoms with Crippen LogP contribution in [0.15, 0.2) is 48.6 Å². The molecular weight excluding hydrogens is 549 g/mol. The molecular formula is C30H52NO9P. The minimum absolute atomic E-state index is 0.0530. The zero-order valence-electron chi connectivity index (χ0n) is 25.6.